The number of ether oxygens (including phenoxy) is 1. The van der Waals surface area contributed by atoms with Crippen LogP contribution in [0, 0.1) is 0 Å². The highest BCUT2D eigenvalue weighted by Crippen LogP contribution is 2.21. The summed E-state index contributed by atoms with van der Waals surface area (Å²) in [5, 5.41) is 13.3. The molecule has 116 valence electrons. The molecule has 0 saturated carbocycles. The number of hydrogen-bond donors (Lipinski definition) is 3. The first-order valence-corrected chi connectivity index (χ1v) is 7.07. The van der Waals surface area contributed by atoms with Crippen LogP contribution in [0.3, 0.4) is 0 Å². The van der Waals surface area contributed by atoms with Gasteiger partial charge in [-0.2, -0.15) is 0 Å². The minimum atomic E-state index is -0.831. The molecule has 0 aliphatic carbocycles. The zero-order valence-corrected chi connectivity index (χ0v) is 12.9. The van der Waals surface area contributed by atoms with E-state index in [9.17, 15) is 5.11 Å². The number of benzene rings is 1. The monoisotopic (exact) mass is 292 g/mol. The number of nitrogens with zero attached hydrogens (tertiary/aromatic N) is 2. The summed E-state index contributed by atoms with van der Waals surface area (Å²) in [6, 6.07) is 6.06. The fourth-order valence-electron chi connectivity index (χ4n) is 2.26. The van der Waals surface area contributed by atoms with E-state index < -0.39 is 5.60 Å². The van der Waals surface area contributed by atoms with Gasteiger partial charge in [0.1, 0.15) is 0 Å². The lowest BCUT2D eigenvalue weighted by Crippen LogP contribution is -2.26. The lowest BCUT2D eigenvalue weighted by Gasteiger charge is -2.19. The maximum absolute atomic E-state index is 9.97. The molecule has 1 aromatic heterocycles. The van der Waals surface area contributed by atoms with Gasteiger partial charge in [-0.3, -0.25) is 0 Å². The number of nitrogens with two attached hydrogens (primary N) is 1. The molecule has 0 amide bonds. The fraction of sp³-hybridized carbons (Fsp3) is 0.533. The SMILES string of the molecule is COCCNCc1ccc2c(c1)nc(N)n2CC(C)(C)O. The van der Waals surface area contributed by atoms with Crippen molar-refractivity contribution >= 4 is 17.0 Å². The Kier molecular flexibility index (Phi) is 4.82. The summed E-state index contributed by atoms with van der Waals surface area (Å²) in [4.78, 5) is 4.38. The average Bonchev–Trinajstić information content (AvgIpc) is 2.69. The van der Waals surface area contributed by atoms with E-state index in [4.69, 9.17) is 10.5 Å². The quantitative estimate of drug-likeness (QED) is 0.666. The highest BCUT2D eigenvalue weighted by atomic mass is 16.5. The van der Waals surface area contributed by atoms with E-state index in [1.54, 1.807) is 21.0 Å². The third-order valence-corrected chi connectivity index (χ3v) is 3.20. The number of nitrogen functional groups attached to an aromatic ring is 1. The van der Waals surface area contributed by atoms with Crippen molar-refractivity contribution < 1.29 is 9.84 Å². The Morgan fingerprint density at radius 1 is 1.43 bits per heavy atom. The predicted molar refractivity (Wildman–Crippen MR) is 84.0 cm³/mol. The lowest BCUT2D eigenvalue weighted by atomic mass is 10.1. The van der Waals surface area contributed by atoms with Gasteiger partial charge in [0, 0.05) is 20.2 Å². The van der Waals surface area contributed by atoms with Gasteiger partial charge in [0.25, 0.3) is 0 Å². The van der Waals surface area contributed by atoms with E-state index in [0.29, 0.717) is 19.1 Å². The third-order valence-electron chi connectivity index (χ3n) is 3.20. The van der Waals surface area contributed by atoms with Crippen molar-refractivity contribution in [2.45, 2.75) is 32.5 Å². The van der Waals surface area contributed by atoms with Crippen molar-refractivity contribution in [3.05, 3.63) is 23.8 Å². The number of methoxy groups -OCH3 is 1. The minimum Gasteiger partial charge on any atom is -0.389 e. The highest BCUT2D eigenvalue weighted by molar-refractivity contribution is 5.79. The van der Waals surface area contributed by atoms with Crippen LogP contribution in [0.2, 0.25) is 0 Å². The van der Waals surface area contributed by atoms with Crippen LogP contribution in [-0.2, 0) is 17.8 Å². The number of rotatable bonds is 7. The first-order valence-electron chi connectivity index (χ1n) is 7.07. The molecule has 21 heavy (non-hydrogen) atoms. The van der Waals surface area contributed by atoms with Gasteiger partial charge in [0.05, 0.1) is 29.8 Å². The van der Waals surface area contributed by atoms with Crippen LogP contribution in [0.5, 0.6) is 0 Å². The summed E-state index contributed by atoms with van der Waals surface area (Å²) < 4.78 is 6.84. The summed E-state index contributed by atoms with van der Waals surface area (Å²) in [7, 11) is 1.69. The van der Waals surface area contributed by atoms with E-state index in [0.717, 1.165) is 29.7 Å². The molecule has 1 heterocycles. The van der Waals surface area contributed by atoms with Gasteiger partial charge in [-0.15, -0.1) is 0 Å². The summed E-state index contributed by atoms with van der Waals surface area (Å²) in [6.07, 6.45) is 0. The Labute approximate surface area is 124 Å². The van der Waals surface area contributed by atoms with Crippen molar-refractivity contribution in [2.24, 2.45) is 0 Å². The molecule has 0 aliphatic rings. The number of aromatic nitrogens is 2. The molecule has 0 radical (unpaired) electrons. The van der Waals surface area contributed by atoms with E-state index in [1.807, 2.05) is 22.8 Å². The molecule has 0 saturated heterocycles. The van der Waals surface area contributed by atoms with E-state index in [-0.39, 0.29) is 0 Å². The van der Waals surface area contributed by atoms with Crippen LogP contribution in [-0.4, -0.2) is 40.5 Å². The first-order chi connectivity index (χ1) is 9.90. The van der Waals surface area contributed by atoms with E-state index in [2.05, 4.69) is 10.3 Å². The average molecular weight is 292 g/mol. The van der Waals surface area contributed by atoms with E-state index in [1.165, 1.54) is 0 Å². The Morgan fingerprint density at radius 2 is 2.19 bits per heavy atom. The molecule has 0 atom stereocenters. The van der Waals surface area contributed by atoms with Gasteiger partial charge in [-0.05, 0) is 31.5 Å². The predicted octanol–water partition coefficient (Wildman–Crippen LogP) is 1.13. The summed E-state index contributed by atoms with van der Waals surface area (Å²) in [5.74, 6) is 0.427. The van der Waals surface area contributed by atoms with Crippen molar-refractivity contribution in [1.29, 1.82) is 0 Å². The van der Waals surface area contributed by atoms with Crippen molar-refractivity contribution in [3.63, 3.8) is 0 Å². The van der Waals surface area contributed by atoms with Crippen LogP contribution in [0.4, 0.5) is 5.95 Å². The molecule has 2 aromatic rings. The second kappa shape index (κ2) is 6.43. The zero-order valence-electron chi connectivity index (χ0n) is 12.9. The molecule has 0 aliphatic heterocycles. The van der Waals surface area contributed by atoms with Crippen LogP contribution < -0.4 is 11.1 Å². The highest BCUT2D eigenvalue weighted by Gasteiger charge is 2.17. The number of hydrogen-bond acceptors (Lipinski definition) is 5. The number of imidazole rings is 1. The third kappa shape index (κ3) is 4.17. The maximum Gasteiger partial charge on any atom is 0.201 e. The molecular weight excluding hydrogens is 268 g/mol. The number of aliphatic hydroxyl groups is 1. The molecular formula is C15H24N4O2. The number of anilines is 1. The Balaban J connectivity index is 2.17. The Bertz CT molecular complexity index is 601. The smallest absolute Gasteiger partial charge is 0.201 e. The maximum atomic E-state index is 9.97. The molecule has 0 unspecified atom stereocenters. The molecule has 6 heteroatoms. The second-order valence-corrected chi connectivity index (χ2v) is 5.86. The van der Waals surface area contributed by atoms with Gasteiger partial charge < -0.3 is 25.5 Å². The van der Waals surface area contributed by atoms with Gasteiger partial charge >= 0.3 is 0 Å². The molecule has 0 spiro atoms. The number of fused-ring (bicyclic) bond motifs is 1. The van der Waals surface area contributed by atoms with Crippen molar-refractivity contribution in [3.8, 4) is 0 Å². The Hall–Kier alpha value is -1.63. The van der Waals surface area contributed by atoms with Gasteiger partial charge in [0.15, 0.2) is 0 Å². The van der Waals surface area contributed by atoms with E-state index >= 15 is 0 Å². The standard InChI is InChI=1S/C15H24N4O2/c1-15(2,20)10-19-13-5-4-11(9-17-6-7-21-3)8-12(13)18-14(19)16/h4-5,8,17,20H,6-7,9-10H2,1-3H3,(H2,16,18). The van der Waals surface area contributed by atoms with Crippen molar-refractivity contribution in [2.75, 3.05) is 26.0 Å². The normalized spacial score (nSPS) is 12.2. The molecule has 0 bridgehead atoms. The number of nitrogens with one attached hydrogen (secondary N) is 1. The lowest BCUT2D eigenvalue weighted by molar-refractivity contribution is 0.0633. The molecule has 1 aromatic carbocycles. The molecule has 2 rings (SSSR count). The largest absolute Gasteiger partial charge is 0.389 e. The first kappa shape index (κ1) is 15.8. The van der Waals surface area contributed by atoms with Crippen LogP contribution in [0.1, 0.15) is 19.4 Å². The summed E-state index contributed by atoms with van der Waals surface area (Å²) >= 11 is 0. The van der Waals surface area contributed by atoms with Crippen LogP contribution in [0.15, 0.2) is 18.2 Å². The van der Waals surface area contributed by atoms with Crippen molar-refractivity contribution in [1.82, 2.24) is 14.9 Å². The summed E-state index contributed by atoms with van der Waals surface area (Å²) in [6.45, 7) is 6.19. The van der Waals surface area contributed by atoms with Gasteiger partial charge in [-0.25, -0.2) is 4.98 Å². The van der Waals surface area contributed by atoms with Gasteiger partial charge in [-0.1, -0.05) is 6.07 Å². The Morgan fingerprint density at radius 3 is 2.86 bits per heavy atom. The molecule has 6 nitrogen and oxygen atoms in total. The minimum absolute atomic E-state index is 0.417. The second-order valence-electron chi connectivity index (χ2n) is 5.86. The zero-order chi connectivity index (χ0) is 15.5. The van der Waals surface area contributed by atoms with Crippen LogP contribution in [0.25, 0.3) is 11.0 Å². The molecule has 0 fully saturated rings. The summed E-state index contributed by atoms with van der Waals surface area (Å²) in [5.41, 5.74) is 8.06. The topological polar surface area (TPSA) is 85.3 Å². The fourth-order valence-corrected chi connectivity index (χ4v) is 2.26. The molecule has 4 N–H and O–H groups in total. The van der Waals surface area contributed by atoms with Gasteiger partial charge in [0.2, 0.25) is 5.95 Å². The van der Waals surface area contributed by atoms with Crippen LogP contribution >= 0.6 is 0 Å².